The number of likely N-dealkylation sites (tertiary alicyclic amines) is 1. The fourth-order valence-electron chi connectivity index (χ4n) is 3.20. The van der Waals surface area contributed by atoms with E-state index in [1.807, 2.05) is 45.9 Å². The number of halogens is 1. The van der Waals surface area contributed by atoms with Gasteiger partial charge in [-0.25, -0.2) is 9.78 Å². The van der Waals surface area contributed by atoms with Gasteiger partial charge in [0.25, 0.3) is 0 Å². The van der Waals surface area contributed by atoms with Crippen LogP contribution in [0.2, 0.25) is 5.15 Å². The molecular formula is C19H23ClN2O2. The van der Waals surface area contributed by atoms with Crippen molar-refractivity contribution in [1.29, 1.82) is 0 Å². The van der Waals surface area contributed by atoms with Crippen molar-refractivity contribution >= 4 is 28.6 Å². The summed E-state index contributed by atoms with van der Waals surface area (Å²) < 4.78 is 5.54. The standard InChI is InChI=1S/C19H23ClN2O2/c1-12-7-5-8-13-11-14(17(20)21-16(12)13)15-9-6-10-22(15)18(23)24-19(2,3)4/h5,7-8,11,15H,6,9-10H2,1-4H3. The summed E-state index contributed by atoms with van der Waals surface area (Å²) in [4.78, 5) is 18.9. The lowest BCUT2D eigenvalue weighted by Crippen LogP contribution is -2.36. The summed E-state index contributed by atoms with van der Waals surface area (Å²) in [6.45, 7) is 8.34. The molecule has 4 nitrogen and oxygen atoms in total. The highest BCUT2D eigenvalue weighted by molar-refractivity contribution is 6.30. The maximum Gasteiger partial charge on any atom is 0.410 e. The molecular weight excluding hydrogens is 324 g/mol. The number of carbonyl (C=O) groups excluding carboxylic acids is 1. The van der Waals surface area contributed by atoms with Crippen LogP contribution in [0.25, 0.3) is 10.9 Å². The van der Waals surface area contributed by atoms with Crippen molar-refractivity contribution in [3.8, 4) is 0 Å². The van der Waals surface area contributed by atoms with Crippen molar-refractivity contribution in [3.05, 3.63) is 40.5 Å². The monoisotopic (exact) mass is 346 g/mol. The second-order valence-electron chi connectivity index (χ2n) is 7.35. The number of nitrogens with zero attached hydrogens (tertiary/aromatic N) is 2. The zero-order valence-electron chi connectivity index (χ0n) is 14.6. The van der Waals surface area contributed by atoms with Crippen LogP contribution in [-0.2, 0) is 4.74 Å². The third-order valence-corrected chi connectivity index (χ3v) is 4.57. The Labute approximate surface area is 147 Å². The third-order valence-electron chi connectivity index (χ3n) is 4.27. The van der Waals surface area contributed by atoms with Gasteiger partial charge in [0.05, 0.1) is 11.6 Å². The summed E-state index contributed by atoms with van der Waals surface area (Å²) in [6.07, 6.45) is 1.52. The molecule has 1 aromatic heterocycles. The molecule has 0 N–H and O–H groups in total. The number of carbonyl (C=O) groups is 1. The van der Waals surface area contributed by atoms with E-state index in [4.69, 9.17) is 16.3 Å². The van der Waals surface area contributed by atoms with E-state index in [9.17, 15) is 4.79 Å². The number of benzene rings is 1. The smallest absolute Gasteiger partial charge is 0.410 e. The van der Waals surface area contributed by atoms with Gasteiger partial charge in [-0.15, -0.1) is 0 Å². The number of ether oxygens (including phenoxy) is 1. The van der Waals surface area contributed by atoms with Gasteiger partial charge in [-0.3, -0.25) is 0 Å². The van der Waals surface area contributed by atoms with Crippen LogP contribution >= 0.6 is 11.6 Å². The molecule has 0 aliphatic carbocycles. The molecule has 3 rings (SSSR count). The molecule has 1 amide bonds. The molecule has 1 aromatic carbocycles. The first kappa shape index (κ1) is 17.0. The lowest BCUT2D eigenvalue weighted by atomic mass is 10.0. The first-order chi connectivity index (χ1) is 11.3. The summed E-state index contributed by atoms with van der Waals surface area (Å²) in [5.41, 5.74) is 2.40. The van der Waals surface area contributed by atoms with Gasteiger partial charge in [0.15, 0.2) is 0 Å². The van der Waals surface area contributed by atoms with E-state index in [-0.39, 0.29) is 12.1 Å². The van der Waals surface area contributed by atoms with Crippen LogP contribution in [-0.4, -0.2) is 28.1 Å². The van der Waals surface area contributed by atoms with Crippen LogP contribution in [0.4, 0.5) is 4.79 Å². The molecule has 0 radical (unpaired) electrons. The minimum absolute atomic E-state index is 0.0789. The normalized spacial score (nSPS) is 18.2. The van der Waals surface area contributed by atoms with Crippen molar-refractivity contribution in [2.24, 2.45) is 0 Å². The molecule has 1 saturated heterocycles. The molecule has 1 aliphatic rings. The molecule has 0 saturated carbocycles. The Balaban J connectivity index is 1.97. The highest BCUT2D eigenvalue weighted by atomic mass is 35.5. The van der Waals surface area contributed by atoms with Gasteiger partial charge in [0.2, 0.25) is 0 Å². The van der Waals surface area contributed by atoms with Crippen LogP contribution in [0, 0.1) is 6.92 Å². The average Bonchev–Trinajstić information content (AvgIpc) is 2.95. The second kappa shape index (κ2) is 6.25. The molecule has 5 heteroatoms. The van der Waals surface area contributed by atoms with Crippen molar-refractivity contribution in [2.75, 3.05) is 6.54 Å². The van der Waals surface area contributed by atoms with E-state index in [1.165, 1.54) is 0 Å². The number of fused-ring (bicyclic) bond motifs is 1. The predicted octanol–water partition coefficient (Wildman–Crippen LogP) is 5.27. The Kier molecular flexibility index (Phi) is 4.43. The first-order valence-electron chi connectivity index (χ1n) is 8.31. The fraction of sp³-hybridized carbons (Fsp3) is 0.474. The molecule has 2 aromatic rings. The highest BCUT2D eigenvalue weighted by Crippen LogP contribution is 2.37. The van der Waals surface area contributed by atoms with Gasteiger partial charge in [-0.05, 0) is 52.2 Å². The Morgan fingerprint density at radius 1 is 1.38 bits per heavy atom. The summed E-state index contributed by atoms with van der Waals surface area (Å²) in [6, 6.07) is 8.04. The predicted molar refractivity (Wildman–Crippen MR) is 96.4 cm³/mol. The summed E-state index contributed by atoms with van der Waals surface area (Å²) in [5, 5.41) is 1.52. The molecule has 1 unspecified atom stereocenters. The summed E-state index contributed by atoms with van der Waals surface area (Å²) >= 11 is 6.47. The summed E-state index contributed by atoms with van der Waals surface area (Å²) in [7, 11) is 0. The number of amides is 1. The van der Waals surface area contributed by atoms with Crippen molar-refractivity contribution in [2.45, 2.75) is 52.2 Å². The first-order valence-corrected chi connectivity index (χ1v) is 8.69. The molecule has 128 valence electrons. The number of pyridine rings is 1. The molecule has 2 heterocycles. The van der Waals surface area contributed by atoms with Crippen LogP contribution in [0.5, 0.6) is 0 Å². The van der Waals surface area contributed by atoms with Gasteiger partial charge in [-0.1, -0.05) is 29.8 Å². The molecule has 24 heavy (non-hydrogen) atoms. The van der Waals surface area contributed by atoms with E-state index in [2.05, 4.69) is 11.1 Å². The number of hydrogen-bond donors (Lipinski definition) is 0. The number of rotatable bonds is 1. The SMILES string of the molecule is Cc1cccc2cc(C3CCCN3C(=O)OC(C)(C)C)c(Cl)nc12. The van der Waals surface area contributed by atoms with Gasteiger partial charge >= 0.3 is 6.09 Å². The van der Waals surface area contributed by atoms with E-state index in [1.54, 1.807) is 4.90 Å². The zero-order chi connectivity index (χ0) is 17.5. The van der Waals surface area contributed by atoms with Crippen LogP contribution in [0.3, 0.4) is 0 Å². The highest BCUT2D eigenvalue weighted by Gasteiger charge is 2.34. The molecule has 1 atom stereocenters. The zero-order valence-corrected chi connectivity index (χ0v) is 15.4. The Hall–Kier alpha value is -1.81. The lowest BCUT2D eigenvalue weighted by Gasteiger charge is -2.29. The van der Waals surface area contributed by atoms with Gasteiger partial charge < -0.3 is 9.64 Å². The van der Waals surface area contributed by atoms with Crippen LogP contribution in [0.15, 0.2) is 24.3 Å². The Bertz CT molecular complexity index is 783. The quantitative estimate of drug-likeness (QED) is 0.661. The van der Waals surface area contributed by atoms with Crippen molar-refractivity contribution < 1.29 is 9.53 Å². The average molecular weight is 347 g/mol. The van der Waals surface area contributed by atoms with E-state index < -0.39 is 5.60 Å². The van der Waals surface area contributed by atoms with Crippen molar-refractivity contribution in [3.63, 3.8) is 0 Å². The second-order valence-corrected chi connectivity index (χ2v) is 7.70. The number of aryl methyl sites for hydroxylation is 1. The molecule has 1 fully saturated rings. The van der Waals surface area contributed by atoms with Gasteiger partial charge in [0.1, 0.15) is 10.8 Å². The largest absolute Gasteiger partial charge is 0.444 e. The summed E-state index contributed by atoms with van der Waals surface area (Å²) in [5.74, 6) is 0. The van der Waals surface area contributed by atoms with E-state index in [0.717, 1.165) is 34.9 Å². The van der Waals surface area contributed by atoms with E-state index >= 15 is 0 Å². The molecule has 1 aliphatic heterocycles. The minimum atomic E-state index is -0.507. The lowest BCUT2D eigenvalue weighted by molar-refractivity contribution is 0.0224. The number of hydrogen-bond acceptors (Lipinski definition) is 3. The number of aromatic nitrogens is 1. The van der Waals surface area contributed by atoms with Crippen molar-refractivity contribution in [1.82, 2.24) is 9.88 Å². The fourth-order valence-corrected chi connectivity index (χ4v) is 3.47. The van der Waals surface area contributed by atoms with Crippen LogP contribution < -0.4 is 0 Å². The minimum Gasteiger partial charge on any atom is -0.444 e. The topological polar surface area (TPSA) is 42.4 Å². The Morgan fingerprint density at radius 3 is 2.83 bits per heavy atom. The van der Waals surface area contributed by atoms with Crippen LogP contribution in [0.1, 0.15) is 50.8 Å². The molecule has 0 bridgehead atoms. The number of para-hydroxylation sites is 1. The maximum atomic E-state index is 12.5. The maximum absolute atomic E-state index is 12.5. The molecule has 0 spiro atoms. The van der Waals surface area contributed by atoms with Gasteiger partial charge in [0, 0.05) is 17.5 Å². The van der Waals surface area contributed by atoms with Gasteiger partial charge in [-0.2, -0.15) is 0 Å². The Morgan fingerprint density at radius 2 is 2.12 bits per heavy atom. The van der Waals surface area contributed by atoms with E-state index in [0.29, 0.717) is 11.7 Å². The third kappa shape index (κ3) is 3.34.